The summed E-state index contributed by atoms with van der Waals surface area (Å²) in [6, 6.07) is 0. The highest BCUT2D eigenvalue weighted by Gasteiger charge is 2.40. The van der Waals surface area contributed by atoms with Crippen molar-refractivity contribution >= 4 is 43.1 Å². The van der Waals surface area contributed by atoms with Crippen LogP contribution in [-0.4, -0.2) is 133 Å². The molecular weight excluding hydrogens is 896 g/mol. The van der Waals surface area contributed by atoms with Crippen LogP contribution in [0.3, 0.4) is 0 Å². The Bertz CT molecular complexity index is 3520. The third-order valence-corrected chi connectivity index (χ3v) is 11.1. The molecule has 0 heterocycles. The van der Waals surface area contributed by atoms with Crippen LogP contribution in [0.4, 0.5) is 0 Å². The van der Waals surface area contributed by atoms with Crippen molar-refractivity contribution in [1.29, 1.82) is 0 Å². The van der Waals surface area contributed by atoms with Crippen molar-refractivity contribution in [2.75, 3.05) is 0 Å². The molecule has 342 valence electrons. The van der Waals surface area contributed by atoms with Gasteiger partial charge in [0.25, 0.3) is 0 Å². The molecule has 0 spiro atoms. The largest absolute Gasteiger partial charge is 0.504 e. The van der Waals surface area contributed by atoms with Crippen LogP contribution in [0.15, 0.2) is 0 Å². The highest BCUT2D eigenvalue weighted by atomic mass is 16.4. The van der Waals surface area contributed by atoms with Gasteiger partial charge in [-0.05, 0) is 0 Å². The molecule has 0 atom stereocenters. The monoisotopic (exact) mass is 922 g/mol. The Labute approximate surface area is 358 Å². The van der Waals surface area contributed by atoms with Gasteiger partial charge in [0.1, 0.15) is 0 Å². The lowest BCUT2D eigenvalue weighted by Gasteiger charge is -2.25. The van der Waals surface area contributed by atoms with E-state index in [0.29, 0.717) is 0 Å². The second-order valence-electron chi connectivity index (χ2n) is 14.3. The molecule has 0 amide bonds. The van der Waals surface area contributed by atoms with Gasteiger partial charge in [-0.25, -0.2) is 0 Å². The van der Waals surface area contributed by atoms with Gasteiger partial charge in [0.05, 0.1) is 21.9 Å². The van der Waals surface area contributed by atoms with Crippen LogP contribution >= 0.6 is 0 Å². The Balaban J connectivity index is 1.71. The SMILES string of the molecule is Oc1c(O)c(-c2c3c(O)c(O)c(O)c(O)c3c(-c3c(O)c(O)c(O)c4c(O)c(O)c(O)c(O)c34)c3c(O)c(O)c(O)c(O)c23)c(O)c(O)c1-c1c(O)c(O)c(O)c2c(O)c(O)c(O)c(O)c12. The van der Waals surface area contributed by atoms with Gasteiger partial charge in [-0.1, -0.05) is 0 Å². The number of rotatable bonds is 3. The molecule has 0 bridgehead atoms. The number of aromatic hydroxyl groups is 26. The normalized spacial score (nSPS) is 11.7. The number of hydrogen-bond donors (Lipinski definition) is 26. The standard InChI is InChI=1S/C40H26O26/c41-15-5(8-13(27(53)31(15)57)29(55)39(65)37(63)21(8)47)1-3-6(18(44)35(61)33(59)16(3)42)2(7-4(1)17(43)34(60)36(62)19(7)45)11-23(49)25(51)12(26(52)24(11)50)9-10-14(28(54)32(58)20(9)46)30(56)40(66)38(64)22(10)48/h41-66H. The van der Waals surface area contributed by atoms with E-state index in [9.17, 15) is 133 Å². The molecule has 8 aromatic carbocycles. The zero-order chi connectivity index (χ0) is 49.1. The number of benzene rings is 8. The van der Waals surface area contributed by atoms with E-state index in [-0.39, 0.29) is 0 Å². The summed E-state index contributed by atoms with van der Waals surface area (Å²) in [5, 5.41) is 276. The molecule has 26 nitrogen and oxygen atoms in total. The lowest BCUT2D eigenvalue weighted by Crippen LogP contribution is -1.97. The predicted molar refractivity (Wildman–Crippen MR) is 216 cm³/mol. The molecule has 0 saturated carbocycles. The minimum atomic E-state index is -1.90. The summed E-state index contributed by atoms with van der Waals surface area (Å²) in [6.07, 6.45) is 0. The van der Waals surface area contributed by atoms with Crippen LogP contribution in [0, 0.1) is 0 Å². The summed E-state index contributed by atoms with van der Waals surface area (Å²) in [7, 11) is 0. The maximum Gasteiger partial charge on any atom is 0.205 e. The molecule has 66 heavy (non-hydrogen) atoms. The topological polar surface area (TPSA) is 526 Å². The average molecular weight is 923 g/mol. The van der Waals surface area contributed by atoms with Crippen molar-refractivity contribution in [3.8, 4) is 183 Å². The Morgan fingerprint density at radius 2 is 0.212 bits per heavy atom. The van der Waals surface area contributed by atoms with Gasteiger partial charge in [0.2, 0.25) is 57.5 Å². The fraction of sp³-hybridized carbons (Fsp3) is 0. The zero-order valence-electron chi connectivity index (χ0n) is 31.6. The molecule has 26 heteroatoms. The first-order valence-electron chi connectivity index (χ1n) is 17.6. The maximum atomic E-state index is 11.8. The molecule has 8 aromatic rings. The predicted octanol–water partition coefficient (Wildman–Crippen LogP) is 3.65. The highest BCUT2D eigenvalue weighted by molar-refractivity contribution is 6.33. The molecule has 0 aliphatic rings. The van der Waals surface area contributed by atoms with Crippen molar-refractivity contribution in [2.24, 2.45) is 0 Å². The van der Waals surface area contributed by atoms with Crippen LogP contribution in [0.1, 0.15) is 0 Å². The summed E-state index contributed by atoms with van der Waals surface area (Å²) in [5.41, 5.74) is -8.81. The first-order chi connectivity index (χ1) is 30.7. The third kappa shape index (κ3) is 4.70. The van der Waals surface area contributed by atoms with E-state index in [1.807, 2.05) is 0 Å². The van der Waals surface area contributed by atoms with Crippen LogP contribution in [0.25, 0.3) is 76.5 Å². The van der Waals surface area contributed by atoms with Crippen molar-refractivity contribution in [2.45, 2.75) is 0 Å². The molecule has 26 N–H and O–H groups in total. The van der Waals surface area contributed by atoms with Crippen LogP contribution < -0.4 is 0 Å². The molecule has 8 rings (SSSR count). The molecular formula is C40H26O26. The van der Waals surface area contributed by atoms with E-state index < -0.39 is 226 Å². The smallest absolute Gasteiger partial charge is 0.205 e. The van der Waals surface area contributed by atoms with E-state index in [0.717, 1.165) is 0 Å². The minimum Gasteiger partial charge on any atom is -0.504 e. The quantitative estimate of drug-likeness (QED) is 0.0683. The van der Waals surface area contributed by atoms with Gasteiger partial charge in [0, 0.05) is 54.6 Å². The Morgan fingerprint density at radius 1 is 0.0909 bits per heavy atom. The molecule has 0 saturated heterocycles. The maximum absolute atomic E-state index is 11.8. The number of hydrogen-bond acceptors (Lipinski definition) is 26. The minimum absolute atomic E-state index is 1.24. The van der Waals surface area contributed by atoms with E-state index in [1.54, 1.807) is 0 Å². The second kappa shape index (κ2) is 13.1. The van der Waals surface area contributed by atoms with Crippen molar-refractivity contribution < 1.29 is 133 Å². The fourth-order valence-corrected chi connectivity index (χ4v) is 8.06. The number of fused-ring (bicyclic) bond motifs is 4. The Morgan fingerprint density at radius 3 is 0.439 bits per heavy atom. The lowest BCUT2D eigenvalue weighted by molar-refractivity contribution is 0.346. The van der Waals surface area contributed by atoms with Gasteiger partial charge in [-0.2, -0.15) is 0 Å². The van der Waals surface area contributed by atoms with E-state index in [1.165, 1.54) is 0 Å². The summed E-state index contributed by atoms with van der Waals surface area (Å²) in [4.78, 5) is 0. The van der Waals surface area contributed by atoms with Gasteiger partial charge >= 0.3 is 0 Å². The van der Waals surface area contributed by atoms with E-state index in [4.69, 9.17) is 0 Å². The van der Waals surface area contributed by atoms with Gasteiger partial charge in [-0.15, -0.1) is 0 Å². The molecule has 0 unspecified atom stereocenters. The first kappa shape index (κ1) is 42.3. The number of phenolic OH excluding ortho intramolecular Hbond substituents is 26. The van der Waals surface area contributed by atoms with Crippen LogP contribution in [0.5, 0.6) is 149 Å². The van der Waals surface area contributed by atoms with Crippen molar-refractivity contribution in [3.05, 3.63) is 0 Å². The van der Waals surface area contributed by atoms with Gasteiger partial charge in [0.15, 0.2) is 92.0 Å². The van der Waals surface area contributed by atoms with E-state index in [2.05, 4.69) is 0 Å². The molecule has 0 aromatic heterocycles. The summed E-state index contributed by atoms with van der Waals surface area (Å²) in [5.74, 6) is -44.5. The summed E-state index contributed by atoms with van der Waals surface area (Å²) in [6.45, 7) is 0. The van der Waals surface area contributed by atoms with Crippen LogP contribution in [0.2, 0.25) is 0 Å². The van der Waals surface area contributed by atoms with Crippen molar-refractivity contribution in [3.63, 3.8) is 0 Å². The summed E-state index contributed by atoms with van der Waals surface area (Å²) >= 11 is 0. The van der Waals surface area contributed by atoms with Gasteiger partial charge < -0.3 is 133 Å². The first-order valence-corrected chi connectivity index (χ1v) is 17.6. The Hall–Kier alpha value is -10.4. The van der Waals surface area contributed by atoms with Crippen molar-refractivity contribution in [1.82, 2.24) is 0 Å². The van der Waals surface area contributed by atoms with Gasteiger partial charge in [-0.3, -0.25) is 0 Å². The molecule has 0 radical (unpaired) electrons. The average Bonchev–Trinajstić information content (AvgIpc) is 3.28. The van der Waals surface area contributed by atoms with E-state index >= 15 is 0 Å². The number of phenols is 26. The molecule has 0 aliphatic carbocycles. The summed E-state index contributed by atoms with van der Waals surface area (Å²) < 4.78 is 0. The van der Waals surface area contributed by atoms with Crippen LogP contribution in [-0.2, 0) is 0 Å². The lowest BCUT2D eigenvalue weighted by atomic mass is 9.80. The highest BCUT2D eigenvalue weighted by Crippen LogP contribution is 2.70. The second-order valence-corrected chi connectivity index (χ2v) is 14.3. The molecule has 0 aliphatic heterocycles. The Kier molecular flexibility index (Phi) is 8.37. The zero-order valence-corrected chi connectivity index (χ0v) is 31.6. The third-order valence-electron chi connectivity index (χ3n) is 11.1. The fourth-order valence-electron chi connectivity index (χ4n) is 8.06. The molecule has 0 fully saturated rings.